The van der Waals surface area contributed by atoms with Crippen LogP contribution in [-0.2, 0) is 4.79 Å². The Morgan fingerprint density at radius 3 is 2.41 bits per heavy atom. The van der Waals surface area contributed by atoms with Gasteiger partial charge in [0.2, 0.25) is 5.91 Å². The number of fused-ring (bicyclic) bond motifs is 1. The molecule has 0 saturated carbocycles. The quantitative estimate of drug-likeness (QED) is 0.868. The van der Waals surface area contributed by atoms with E-state index >= 15 is 0 Å². The Hall–Kier alpha value is -2.17. The number of amides is 3. The van der Waals surface area contributed by atoms with Crippen molar-refractivity contribution >= 4 is 17.7 Å². The highest BCUT2D eigenvalue weighted by atomic mass is 16.2. The minimum absolute atomic E-state index is 0.0695. The van der Waals surface area contributed by atoms with E-state index in [1.54, 1.807) is 12.1 Å². The highest BCUT2D eigenvalue weighted by molar-refractivity contribution is 6.21. The molecule has 0 saturated heterocycles. The highest BCUT2D eigenvalue weighted by Crippen LogP contribution is 2.24. The van der Waals surface area contributed by atoms with Crippen LogP contribution in [0.15, 0.2) is 18.2 Å². The van der Waals surface area contributed by atoms with E-state index in [4.69, 9.17) is 0 Å². The zero-order valence-corrected chi connectivity index (χ0v) is 13.5. The summed E-state index contributed by atoms with van der Waals surface area (Å²) in [4.78, 5) is 37.5. The molecule has 118 valence electrons. The maximum atomic E-state index is 12.3. The maximum Gasteiger partial charge on any atom is 0.261 e. The van der Waals surface area contributed by atoms with Gasteiger partial charge in [-0.15, -0.1) is 0 Å². The Kier molecular flexibility index (Phi) is 4.35. The molecule has 5 heteroatoms. The normalized spacial score (nSPS) is 14.3. The van der Waals surface area contributed by atoms with Gasteiger partial charge in [-0.25, -0.2) is 0 Å². The van der Waals surface area contributed by atoms with Crippen LogP contribution in [0, 0.1) is 6.92 Å². The van der Waals surface area contributed by atoms with Crippen LogP contribution in [0.5, 0.6) is 0 Å². The molecule has 1 N–H and O–H groups in total. The number of benzene rings is 1. The summed E-state index contributed by atoms with van der Waals surface area (Å²) < 4.78 is 0. The van der Waals surface area contributed by atoms with Crippen molar-refractivity contribution in [1.82, 2.24) is 10.2 Å². The first-order valence-electron chi connectivity index (χ1n) is 7.47. The first-order chi connectivity index (χ1) is 10.2. The molecule has 1 heterocycles. The Morgan fingerprint density at radius 2 is 1.77 bits per heavy atom. The summed E-state index contributed by atoms with van der Waals surface area (Å²) >= 11 is 0. The van der Waals surface area contributed by atoms with Crippen molar-refractivity contribution in [2.75, 3.05) is 6.54 Å². The Labute approximate surface area is 130 Å². The lowest BCUT2D eigenvalue weighted by Crippen LogP contribution is -2.41. The van der Waals surface area contributed by atoms with Crippen LogP contribution in [0.4, 0.5) is 0 Å². The fraction of sp³-hybridized carbons (Fsp3) is 0.471. The first-order valence-corrected chi connectivity index (χ1v) is 7.47. The molecule has 1 aliphatic heterocycles. The van der Waals surface area contributed by atoms with Gasteiger partial charge in [0, 0.05) is 18.5 Å². The monoisotopic (exact) mass is 302 g/mol. The summed E-state index contributed by atoms with van der Waals surface area (Å²) in [6.07, 6.45) is 0.760. The molecule has 5 nitrogen and oxygen atoms in total. The zero-order chi connectivity index (χ0) is 16.5. The van der Waals surface area contributed by atoms with Gasteiger partial charge in [-0.05, 0) is 46.2 Å². The molecule has 0 aromatic heterocycles. The molecular formula is C17H22N2O3. The summed E-state index contributed by atoms with van der Waals surface area (Å²) in [6, 6.07) is 5.25. The average Bonchev–Trinajstić information content (AvgIpc) is 2.61. The molecule has 0 bridgehead atoms. The van der Waals surface area contributed by atoms with Gasteiger partial charge in [-0.3, -0.25) is 19.3 Å². The number of hydrogen-bond acceptors (Lipinski definition) is 3. The molecule has 3 amide bonds. The van der Waals surface area contributed by atoms with Crippen LogP contribution >= 0.6 is 0 Å². The van der Waals surface area contributed by atoms with Gasteiger partial charge < -0.3 is 5.32 Å². The van der Waals surface area contributed by atoms with Crippen molar-refractivity contribution in [3.63, 3.8) is 0 Å². The van der Waals surface area contributed by atoms with E-state index in [1.165, 1.54) is 4.90 Å². The number of nitrogens with zero attached hydrogens (tertiary/aromatic N) is 1. The van der Waals surface area contributed by atoms with E-state index in [-0.39, 0.29) is 29.8 Å². The van der Waals surface area contributed by atoms with Crippen molar-refractivity contribution in [1.29, 1.82) is 0 Å². The third-order valence-electron chi connectivity index (χ3n) is 3.43. The molecule has 0 fully saturated rings. The summed E-state index contributed by atoms with van der Waals surface area (Å²) in [5, 5.41) is 2.86. The molecule has 1 aliphatic rings. The SMILES string of the molecule is Cc1ccc2c(c1)C(=O)N(CCCC(=O)NC(C)(C)C)C2=O. The van der Waals surface area contributed by atoms with Gasteiger partial charge in [0.1, 0.15) is 0 Å². The largest absolute Gasteiger partial charge is 0.352 e. The van der Waals surface area contributed by atoms with Crippen LogP contribution in [0.25, 0.3) is 0 Å². The number of carbonyl (C=O) groups is 3. The van der Waals surface area contributed by atoms with Crippen LogP contribution < -0.4 is 5.32 Å². The fourth-order valence-corrected chi connectivity index (χ4v) is 2.49. The van der Waals surface area contributed by atoms with E-state index in [9.17, 15) is 14.4 Å². The van der Waals surface area contributed by atoms with Gasteiger partial charge in [0.15, 0.2) is 0 Å². The van der Waals surface area contributed by atoms with Crippen LogP contribution in [0.1, 0.15) is 59.9 Å². The molecular weight excluding hydrogens is 280 g/mol. The van der Waals surface area contributed by atoms with Crippen LogP contribution in [-0.4, -0.2) is 34.7 Å². The summed E-state index contributed by atoms with van der Waals surface area (Å²) in [5.41, 5.74) is 1.59. The molecule has 0 atom stereocenters. The third kappa shape index (κ3) is 3.53. The molecule has 2 rings (SSSR count). The molecule has 1 aromatic rings. The molecule has 0 unspecified atom stereocenters. The topological polar surface area (TPSA) is 66.5 Å². The van der Waals surface area contributed by atoms with E-state index in [0.717, 1.165) is 5.56 Å². The Balaban J connectivity index is 1.94. The van der Waals surface area contributed by atoms with Crippen LogP contribution in [0.2, 0.25) is 0 Å². The third-order valence-corrected chi connectivity index (χ3v) is 3.43. The lowest BCUT2D eigenvalue weighted by atomic mass is 10.1. The lowest BCUT2D eigenvalue weighted by molar-refractivity contribution is -0.122. The first kappa shape index (κ1) is 16.2. The highest BCUT2D eigenvalue weighted by Gasteiger charge is 2.34. The summed E-state index contributed by atoms with van der Waals surface area (Å²) in [7, 11) is 0. The predicted octanol–water partition coefficient (Wildman–Crippen LogP) is 2.29. The number of carbonyl (C=O) groups excluding carboxylic acids is 3. The minimum Gasteiger partial charge on any atom is -0.352 e. The Morgan fingerprint density at radius 1 is 1.14 bits per heavy atom. The predicted molar refractivity (Wildman–Crippen MR) is 83.7 cm³/mol. The van der Waals surface area contributed by atoms with E-state index in [2.05, 4.69) is 5.32 Å². The van der Waals surface area contributed by atoms with E-state index < -0.39 is 0 Å². The Bertz CT molecular complexity index is 629. The second kappa shape index (κ2) is 5.91. The zero-order valence-electron chi connectivity index (χ0n) is 13.5. The standard InChI is InChI=1S/C17H22N2O3/c1-11-7-8-12-13(10-11)16(22)19(15(12)21)9-5-6-14(20)18-17(2,3)4/h7-8,10H,5-6,9H2,1-4H3,(H,18,20). The molecule has 22 heavy (non-hydrogen) atoms. The number of imide groups is 1. The molecule has 0 spiro atoms. The van der Waals surface area contributed by atoms with Crippen molar-refractivity contribution < 1.29 is 14.4 Å². The number of hydrogen-bond donors (Lipinski definition) is 1. The molecule has 1 aromatic carbocycles. The van der Waals surface area contributed by atoms with Crippen molar-refractivity contribution in [3.8, 4) is 0 Å². The molecule has 0 radical (unpaired) electrons. The minimum atomic E-state index is -0.274. The second-order valence-electron chi connectivity index (χ2n) is 6.71. The maximum absolute atomic E-state index is 12.3. The van der Waals surface area contributed by atoms with Crippen molar-refractivity contribution in [2.45, 2.75) is 46.1 Å². The van der Waals surface area contributed by atoms with Gasteiger partial charge in [-0.1, -0.05) is 11.6 Å². The average molecular weight is 302 g/mol. The number of aryl methyl sites for hydroxylation is 1. The van der Waals surface area contributed by atoms with Gasteiger partial charge in [0.25, 0.3) is 11.8 Å². The van der Waals surface area contributed by atoms with E-state index in [0.29, 0.717) is 24.0 Å². The van der Waals surface area contributed by atoms with E-state index in [1.807, 2.05) is 33.8 Å². The summed E-state index contributed by atoms with van der Waals surface area (Å²) in [5.74, 6) is -0.601. The van der Waals surface area contributed by atoms with Gasteiger partial charge in [0.05, 0.1) is 11.1 Å². The van der Waals surface area contributed by atoms with Crippen molar-refractivity contribution in [2.24, 2.45) is 0 Å². The van der Waals surface area contributed by atoms with Crippen LogP contribution in [0.3, 0.4) is 0 Å². The number of rotatable bonds is 4. The van der Waals surface area contributed by atoms with Gasteiger partial charge >= 0.3 is 0 Å². The smallest absolute Gasteiger partial charge is 0.261 e. The second-order valence-corrected chi connectivity index (χ2v) is 6.71. The lowest BCUT2D eigenvalue weighted by Gasteiger charge is -2.21. The molecule has 0 aliphatic carbocycles. The summed E-state index contributed by atoms with van der Waals surface area (Å²) in [6.45, 7) is 7.90. The fourth-order valence-electron chi connectivity index (χ4n) is 2.49. The van der Waals surface area contributed by atoms with Gasteiger partial charge in [-0.2, -0.15) is 0 Å². The van der Waals surface area contributed by atoms with Crippen molar-refractivity contribution in [3.05, 3.63) is 34.9 Å². The number of nitrogens with one attached hydrogen (secondary N) is 1.